The lowest BCUT2D eigenvalue weighted by Gasteiger charge is -2.34. The fraction of sp³-hybridized carbons (Fsp3) is 0.440. The standard InChI is InChI=1S/C25H28F3N5O2S/c1-24(2,3)35-23(34)32-20-14-33(13-16-7-5-4-6-8-16)10-9-19(20)31-21-18-11-17(12-25(26,27)28)36-22(18)30-15-29-21/h4-8,11,15,19H,9-10,12-14H2,1-3H3,(H,29,30,31)/t19-/m0/s1. The van der Waals surface area contributed by atoms with Crippen LogP contribution in [0.25, 0.3) is 10.2 Å². The number of rotatable bonds is 5. The fourth-order valence-corrected chi connectivity index (χ4v) is 5.04. The van der Waals surface area contributed by atoms with E-state index in [4.69, 9.17) is 4.74 Å². The molecule has 7 nitrogen and oxygen atoms in total. The number of thiophene rings is 1. The number of carbonyl (C=O) groups excluding carboxylic acids is 1. The number of ether oxygens (including phenoxy) is 1. The highest BCUT2D eigenvalue weighted by Crippen LogP contribution is 2.33. The van der Waals surface area contributed by atoms with Crippen molar-refractivity contribution in [3.8, 4) is 0 Å². The van der Waals surface area contributed by atoms with Crippen molar-refractivity contribution in [2.75, 3.05) is 18.4 Å². The van der Waals surface area contributed by atoms with Crippen molar-refractivity contribution in [1.82, 2.24) is 14.9 Å². The molecule has 1 atom stereocenters. The maximum Gasteiger partial charge on any atom is 0.434 e. The number of benzene rings is 1. The Balaban J connectivity index is 1.58. The smallest absolute Gasteiger partial charge is 0.434 e. The number of hydrogen-bond donors (Lipinski definition) is 1. The van der Waals surface area contributed by atoms with Gasteiger partial charge in [-0.15, -0.1) is 11.3 Å². The Bertz CT molecular complexity index is 1240. The molecule has 36 heavy (non-hydrogen) atoms. The number of halogens is 3. The van der Waals surface area contributed by atoms with E-state index in [1.165, 1.54) is 12.4 Å². The summed E-state index contributed by atoms with van der Waals surface area (Å²) in [5, 5.41) is 3.83. The van der Waals surface area contributed by atoms with Gasteiger partial charge < -0.3 is 10.1 Å². The molecule has 1 fully saturated rings. The van der Waals surface area contributed by atoms with E-state index in [1.807, 2.05) is 30.3 Å². The Kier molecular flexibility index (Phi) is 7.60. The monoisotopic (exact) mass is 519 g/mol. The van der Waals surface area contributed by atoms with E-state index in [2.05, 4.69) is 25.2 Å². The number of piperidine rings is 1. The van der Waals surface area contributed by atoms with Gasteiger partial charge in [0.2, 0.25) is 0 Å². The first-order valence-electron chi connectivity index (χ1n) is 11.6. The van der Waals surface area contributed by atoms with Crippen LogP contribution in [0, 0.1) is 0 Å². The molecule has 3 aromatic rings. The predicted molar refractivity (Wildman–Crippen MR) is 135 cm³/mol. The average molecular weight is 520 g/mol. The van der Waals surface area contributed by atoms with Crippen molar-refractivity contribution in [3.63, 3.8) is 0 Å². The molecule has 0 radical (unpaired) electrons. The second-order valence-corrected chi connectivity index (χ2v) is 10.8. The van der Waals surface area contributed by atoms with Gasteiger partial charge in [-0.2, -0.15) is 18.2 Å². The zero-order chi connectivity index (χ0) is 25.9. The molecule has 0 saturated carbocycles. The van der Waals surface area contributed by atoms with Gasteiger partial charge in [0.1, 0.15) is 22.6 Å². The van der Waals surface area contributed by atoms with Crippen molar-refractivity contribution < 1.29 is 22.7 Å². The van der Waals surface area contributed by atoms with Crippen LogP contribution < -0.4 is 5.32 Å². The first kappa shape index (κ1) is 26.0. The second kappa shape index (κ2) is 10.5. The molecule has 1 amide bonds. The molecule has 192 valence electrons. The second-order valence-electron chi connectivity index (χ2n) is 9.71. The first-order chi connectivity index (χ1) is 16.9. The zero-order valence-corrected chi connectivity index (χ0v) is 21.1. The van der Waals surface area contributed by atoms with Gasteiger partial charge in [0.25, 0.3) is 0 Å². The molecule has 1 aromatic carbocycles. The van der Waals surface area contributed by atoms with Crippen molar-refractivity contribution in [1.29, 1.82) is 0 Å². The van der Waals surface area contributed by atoms with Crippen LogP contribution in [0.4, 0.5) is 23.8 Å². The number of amides is 1. The number of anilines is 1. The minimum atomic E-state index is -4.30. The highest BCUT2D eigenvalue weighted by molar-refractivity contribution is 7.18. The molecule has 1 aliphatic rings. The number of nitrogens with zero attached hydrogens (tertiary/aromatic N) is 4. The number of aliphatic imine (C=N–C) groups is 1. The van der Waals surface area contributed by atoms with Crippen LogP contribution in [-0.4, -0.2) is 57.6 Å². The van der Waals surface area contributed by atoms with E-state index >= 15 is 0 Å². The fourth-order valence-electron chi connectivity index (χ4n) is 4.01. The average Bonchev–Trinajstić information content (AvgIpc) is 3.16. The van der Waals surface area contributed by atoms with Crippen LogP contribution in [0.2, 0.25) is 0 Å². The van der Waals surface area contributed by atoms with Crippen LogP contribution in [0.3, 0.4) is 0 Å². The number of carbonyl (C=O) groups is 1. The minimum absolute atomic E-state index is 0.168. The van der Waals surface area contributed by atoms with E-state index in [9.17, 15) is 18.0 Å². The van der Waals surface area contributed by atoms with Gasteiger partial charge in [-0.3, -0.25) is 4.90 Å². The van der Waals surface area contributed by atoms with Gasteiger partial charge in [-0.1, -0.05) is 30.3 Å². The predicted octanol–water partition coefficient (Wildman–Crippen LogP) is 5.86. The molecule has 11 heteroatoms. The highest BCUT2D eigenvalue weighted by Gasteiger charge is 2.30. The van der Waals surface area contributed by atoms with Crippen molar-refractivity contribution in [3.05, 3.63) is 53.2 Å². The van der Waals surface area contributed by atoms with Crippen LogP contribution >= 0.6 is 11.3 Å². The summed E-state index contributed by atoms with van der Waals surface area (Å²) in [6, 6.07) is 11.1. The topological polar surface area (TPSA) is 79.7 Å². The lowest BCUT2D eigenvalue weighted by Crippen LogP contribution is -2.47. The molecule has 1 N–H and O–H groups in total. The summed E-state index contributed by atoms with van der Waals surface area (Å²) in [5.41, 5.74) is 1.05. The molecular weight excluding hydrogens is 491 g/mol. The normalized spacial score (nSPS) is 18.5. The van der Waals surface area contributed by atoms with Crippen LogP contribution in [0.5, 0.6) is 0 Å². The van der Waals surface area contributed by atoms with E-state index in [-0.39, 0.29) is 10.9 Å². The maximum absolute atomic E-state index is 12.9. The van der Waals surface area contributed by atoms with E-state index in [1.54, 1.807) is 20.8 Å². The van der Waals surface area contributed by atoms with E-state index in [0.717, 1.165) is 23.4 Å². The summed E-state index contributed by atoms with van der Waals surface area (Å²) in [4.78, 5) is 28.1. The summed E-state index contributed by atoms with van der Waals surface area (Å²) >= 11 is 0.996. The number of nitrogens with one attached hydrogen (secondary N) is 1. The van der Waals surface area contributed by atoms with Crippen molar-refractivity contribution >= 4 is 39.2 Å². The molecule has 4 rings (SSSR count). The number of likely N-dealkylation sites (tertiary alicyclic amines) is 1. The van der Waals surface area contributed by atoms with Crippen molar-refractivity contribution in [2.24, 2.45) is 4.99 Å². The van der Waals surface area contributed by atoms with Gasteiger partial charge in [-0.25, -0.2) is 14.8 Å². The van der Waals surface area contributed by atoms with Gasteiger partial charge in [0, 0.05) is 24.5 Å². The third-order valence-electron chi connectivity index (χ3n) is 5.47. The van der Waals surface area contributed by atoms with Gasteiger partial charge >= 0.3 is 12.3 Å². The van der Waals surface area contributed by atoms with Gasteiger partial charge in [0.05, 0.1) is 23.6 Å². The number of hydrogen-bond acceptors (Lipinski definition) is 7. The summed E-state index contributed by atoms with van der Waals surface area (Å²) in [6.45, 7) is 7.19. The third-order valence-corrected chi connectivity index (χ3v) is 6.51. The minimum Gasteiger partial charge on any atom is -0.442 e. The first-order valence-corrected chi connectivity index (χ1v) is 12.4. The maximum atomic E-state index is 12.9. The SMILES string of the molecule is CC(C)(C)OC(=O)N=C1CN(Cc2ccccc2)CC[C@@H]1Nc1ncnc2sc(CC(F)(F)F)cc12. The molecular formula is C25H28F3N5O2S. The van der Waals surface area contributed by atoms with E-state index in [0.29, 0.717) is 41.3 Å². The van der Waals surface area contributed by atoms with Gasteiger partial charge in [-0.05, 0) is 38.8 Å². The van der Waals surface area contributed by atoms with Crippen LogP contribution in [0.1, 0.15) is 37.6 Å². The van der Waals surface area contributed by atoms with Crippen molar-refractivity contribution in [2.45, 2.75) is 58.0 Å². The summed E-state index contributed by atoms with van der Waals surface area (Å²) in [5.74, 6) is 0.420. The Morgan fingerprint density at radius 1 is 1.22 bits per heavy atom. The summed E-state index contributed by atoms with van der Waals surface area (Å²) < 4.78 is 44.2. The van der Waals surface area contributed by atoms with Crippen LogP contribution in [0.15, 0.2) is 47.7 Å². The Labute approximate surface area is 211 Å². The largest absolute Gasteiger partial charge is 0.442 e. The molecule has 2 aromatic heterocycles. The van der Waals surface area contributed by atoms with E-state index < -0.39 is 24.3 Å². The summed E-state index contributed by atoms with van der Waals surface area (Å²) in [6.07, 6.45) is -4.05. The molecule has 0 spiro atoms. The lowest BCUT2D eigenvalue weighted by atomic mass is 10.0. The van der Waals surface area contributed by atoms with Gasteiger partial charge in [0.15, 0.2) is 0 Å². The summed E-state index contributed by atoms with van der Waals surface area (Å²) in [7, 11) is 0. The number of aromatic nitrogens is 2. The van der Waals surface area contributed by atoms with Crippen LogP contribution in [-0.2, 0) is 17.7 Å². The molecule has 0 aliphatic carbocycles. The molecule has 1 aliphatic heterocycles. The molecule has 1 saturated heterocycles. The third kappa shape index (κ3) is 7.23. The zero-order valence-electron chi connectivity index (χ0n) is 20.3. The number of alkyl halides is 3. The highest BCUT2D eigenvalue weighted by atomic mass is 32.1. The molecule has 0 bridgehead atoms. The Morgan fingerprint density at radius 3 is 2.67 bits per heavy atom. The lowest BCUT2D eigenvalue weighted by molar-refractivity contribution is -0.126. The molecule has 0 unspecified atom stereocenters. The Morgan fingerprint density at radius 2 is 1.97 bits per heavy atom. The molecule has 3 heterocycles. The Hall–Kier alpha value is -3.05. The quantitative estimate of drug-likeness (QED) is 0.455. The number of fused-ring (bicyclic) bond motifs is 1.